The molecule has 102 valence electrons. The Labute approximate surface area is 123 Å². The van der Waals surface area contributed by atoms with Crippen LogP contribution in [-0.2, 0) is 19.4 Å². The third-order valence-corrected chi connectivity index (χ3v) is 5.67. The third-order valence-electron chi connectivity index (χ3n) is 4.18. The summed E-state index contributed by atoms with van der Waals surface area (Å²) in [4.78, 5) is 0. The molecular weight excluding hydrogens is 312 g/mol. The largest absolute Gasteiger partial charge is 0.268 e. The van der Waals surface area contributed by atoms with Crippen molar-refractivity contribution in [2.24, 2.45) is 5.41 Å². The summed E-state index contributed by atoms with van der Waals surface area (Å²) in [7, 11) is 0. The van der Waals surface area contributed by atoms with Gasteiger partial charge in [-0.1, -0.05) is 19.8 Å². The molecule has 0 N–H and O–H groups in total. The lowest BCUT2D eigenvalue weighted by molar-refractivity contribution is 0.329. The van der Waals surface area contributed by atoms with Crippen LogP contribution in [0.1, 0.15) is 50.9 Å². The SMILES string of the molecule is CCc1nn(CC)c(CC2(CCl)CCCC2)c1Br. The van der Waals surface area contributed by atoms with Gasteiger partial charge in [0.1, 0.15) is 0 Å². The molecule has 1 aliphatic carbocycles. The molecule has 1 fully saturated rings. The number of nitrogens with zero attached hydrogens (tertiary/aromatic N) is 2. The predicted molar refractivity (Wildman–Crippen MR) is 80.3 cm³/mol. The zero-order valence-electron chi connectivity index (χ0n) is 11.3. The second-order valence-electron chi connectivity index (χ2n) is 5.39. The highest BCUT2D eigenvalue weighted by Gasteiger charge is 2.35. The minimum atomic E-state index is 0.308. The lowest BCUT2D eigenvalue weighted by atomic mass is 9.83. The molecule has 0 bridgehead atoms. The minimum absolute atomic E-state index is 0.308. The lowest BCUT2D eigenvalue weighted by Gasteiger charge is -2.26. The van der Waals surface area contributed by atoms with Crippen LogP contribution in [0.25, 0.3) is 0 Å². The van der Waals surface area contributed by atoms with Crippen LogP contribution in [0.2, 0.25) is 0 Å². The van der Waals surface area contributed by atoms with E-state index in [2.05, 4.69) is 39.6 Å². The first kappa shape index (κ1) is 14.4. The molecule has 0 amide bonds. The molecule has 0 saturated heterocycles. The predicted octanol–water partition coefficient (Wildman–Crippen LogP) is 4.57. The van der Waals surface area contributed by atoms with E-state index in [1.54, 1.807) is 0 Å². The summed E-state index contributed by atoms with van der Waals surface area (Å²) < 4.78 is 3.36. The van der Waals surface area contributed by atoms with Gasteiger partial charge in [0, 0.05) is 12.4 Å². The van der Waals surface area contributed by atoms with Gasteiger partial charge in [-0.05, 0) is 54.0 Å². The Balaban J connectivity index is 2.29. The molecule has 0 spiro atoms. The van der Waals surface area contributed by atoms with Crippen LogP contribution in [0.5, 0.6) is 0 Å². The summed E-state index contributed by atoms with van der Waals surface area (Å²) in [6.07, 6.45) is 7.22. The van der Waals surface area contributed by atoms with Gasteiger partial charge in [0.15, 0.2) is 0 Å². The molecule has 1 saturated carbocycles. The summed E-state index contributed by atoms with van der Waals surface area (Å²) in [5.41, 5.74) is 2.83. The summed E-state index contributed by atoms with van der Waals surface area (Å²) in [6, 6.07) is 0. The summed E-state index contributed by atoms with van der Waals surface area (Å²) >= 11 is 10.00. The first-order chi connectivity index (χ1) is 8.65. The van der Waals surface area contributed by atoms with E-state index in [9.17, 15) is 0 Å². The molecule has 2 nitrogen and oxygen atoms in total. The number of aromatic nitrogens is 2. The Bertz CT molecular complexity index is 408. The first-order valence-corrected chi connectivity index (χ1v) is 8.28. The van der Waals surface area contributed by atoms with Gasteiger partial charge in [0.05, 0.1) is 15.9 Å². The van der Waals surface area contributed by atoms with Crippen molar-refractivity contribution in [3.05, 3.63) is 15.9 Å². The maximum absolute atomic E-state index is 6.26. The van der Waals surface area contributed by atoms with E-state index in [0.717, 1.165) is 25.3 Å². The monoisotopic (exact) mass is 332 g/mol. The zero-order chi connectivity index (χ0) is 13.2. The smallest absolute Gasteiger partial charge is 0.0766 e. The molecule has 18 heavy (non-hydrogen) atoms. The molecule has 1 aliphatic rings. The Morgan fingerprint density at radius 1 is 1.33 bits per heavy atom. The third kappa shape index (κ3) is 2.62. The Morgan fingerprint density at radius 3 is 2.50 bits per heavy atom. The Hall–Kier alpha value is -0.0200. The molecule has 4 heteroatoms. The van der Waals surface area contributed by atoms with Gasteiger partial charge in [-0.15, -0.1) is 11.6 Å². The van der Waals surface area contributed by atoms with E-state index in [4.69, 9.17) is 11.6 Å². The molecule has 2 rings (SSSR count). The number of hydrogen-bond donors (Lipinski definition) is 0. The standard InChI is InChI=1S/C14H22BrClN2/c1-3-11-13(15)12(18(4-2)17-11)9-14(10-16)7-5-6-8-14/h3-10H2,1-2H3. The average molecular weight is 334 g/mol. The highest BCUT2D eigenvalue weighted by atomic mass is 79.9. The number of halogens is 2. The van der Waals surface area contributed by atoms with E-state index in [-0.39, 0.29) is 0 Å². The van der Waals surface area contributed by atoms with Crippen molar-refractivity contribution >= 4 is 27.5 Å². The Kier molecular flexibility index (Phi) is 4.76. The molecule has 0 atom stereocenters. The van der Waals surface area contributed by atoms with Crippen molar-refractivity contribution in [2.75, 3.05) is 5.88 Å². The van der Waals surface area contributed by atoms with Gasteiger partial charge in [0.2, 0.25) is 0 Å². The average Bonchev–Trinajstić information content (AvgIpc) is 2.97. The van der Waals surface area contributed by atoms with Gasteiger partial charge in [0.25, 0.3) is 0 Å². The van der Waals surface area contributed by atoms with Crippen LogP contribution in [-0.4, -0.2) is 15.7 Å². The normalized spacial score (nSPS) is 18.4. The van der Waals surface area contributed by atoms with Crippen LogP contribution in [0.3, 0.4) is 0 Å². The van der Waals surface area contributed by atoms with Crippen molar-refractivity contribution in [3.8, 4) is 0 Å². The maximum Gasteiger partial charge on any atom is 0.0766 e. The molecular formula is C14H22BrClN2. The minimum Gasteiger partial charge on any atom is -0.268 e. The van der Waals surface area contributed by atoms with Crippen molar-refractivity contribution < 1.29 is 0 Å². The van der Waals surface area contributed by atoms with Crippen molar-refractivity contribution in [3.63, 3.8) is 0 Å². The van der Waals surface area contributed by atoms with Crippen LogP contribution in [0, 0.1) is 5.41 Å². The summed E-state index contributed by atoms with van der Waals surface area (Å²) in [6.45, 7) is 5.25. The van der Waals surface area contributed by atoms with Crippen molar-refractivity contribution in [1.82, 2.24) is 9.78 Å². The fourth-order valence-corrected chi connectivity index (χ4v) is 4.09. The molecule has 1 aromatic heterocycles. The second-order valence-corrected chi connectivity index (χ2v) is 6.45. The van der Waals surface area contributed by atoms with Crippen LogP contribution >= 0.6 is 27.5 Å². The fraction of sp³-hybridized carbons (Fsp3) is 0.786. The van der Waals surface area contributed by atoms with Gasteiger partial charge in [-0.2, -0.15) is 5.10 Å². The topological polar surface area (TPSA) is 17.8 Å². The van der Waals surface area contributed by atoms with E-state index >= 15 is 0 Å². The zero-order valence-corrected chi connectivity index (χ0v) is 13.6. The molecule has 1 heterocycles. The molecule has 1 aromatic rings. The van der Waals surface area contributed by atoms with Crippen molar-refractivity contribution in [1.29, 1.82) is 0 Å². The van der Waals surface area contributed by atoms with E-state index in [1.807, 2.05) is 0 Å². The fourth-order valence-electron chi connectivity index (χ4n) is 3.02. The molecule has 0 aliphatic heterocycles. The van der Waals surface area contributed by atoms with E-state index < -0.39 is 0 Å². The first-order valence-electron chi connectivity index (χ1n) is 6.96. The van der Waals surface area contributed by atoms with Gasteiger partial charge in [-0.25, -0.2) is 0 Å². The van der Waals surface area contributed by atoms with E-state index in [1.165, 1.54) is 41.5 Å². The highest BCUT2D eigenvalue weighted by Crippen LogP contribution is 2.43. The Morgan fingerprint density at radius 2 is 2.00 bits per heavy atom. The summed E-state index contributed by atoms with van der Waals surface area (Å²) in [5, 5.41) is 4.68. The van der Waals surface area contributed by atoms with E-state index in [0.29, 0.717) is 5.41 Å². The molecule has 0 aromatic carbocycles. The number of alkyl halides is 1. The van der Waals surface area contributed by atoms with Crippen LogP contribution in [0.15, 0.2) is 4.47 Å². The maximum atomic E-state index is 6.26. The number of aryl methyl sites for hydroxylation is 2. The number of rotatable bonds is 5. The summed E-state index contributed by atoms with van der Waals surface area (Å²) in [5.74, 6) is 0.774. The molecule has 0 unspecified atom stereocenters. The lowest BCUT2D eigenvalue weighted by Crippen LogP contribution is -2.23. The van der Waals surface area contributed by atoms with Gasteiger partial charge in [-0.3, -0.25) is 4.68 Å². The highest BCUT2D eigenvalue weighted by molar-refractivity contribution is 9.10. The van der Waals surface area contributed by atoms with Gasteiger partial charge >= 0.3 is 0 Å². The van der Waals surface area contributed by atoms with Crippen LogP contribution in [0.4, 0.5) is 0 Å². The van der Waals surface area contributed by atoms with Crippen molar-refractivity contribution in [2.45, 2.75) is 58.9 Å². The van der Waals surface area contributed by atoms with Crippen LogP contribution < -0.4 is 0 Å². The quantitative estimate of drug-likeness (QED) is 0.722. The number of hydrogen-bond acceptors (Lipinski definition) is 1. The second kappa shape index (κ2) is 5.96. The van der Waals surface area contributed by atoms with Gasteiger partial charge < -0.3 is 0 Å². The molecule has 0 radical (unpaired) electrons.